The van der Waals surface area contributed by atoms with Crippen LogP contribution in [0.2, 0.25) is 0 Å². The molecule has 1 aromatic rings. The summed E-state index contributed by atoms with van der Waals surface area (Å²) in [5.41, 5.74) is -0.293. The minimum atomic E-state index is -4.15. The summed E-state index contributed by atoms with van der Waals surface area (Å²) in [6.45, 7) is 1.55. The lowest BCUT2D eigenvalue weighted by Crippen LogP contribution is -2.27. The molecule has 0 bridgehead atoms. The third kappa shape index (κ3) is 6.26. The van der Waals surface area contributed by atoms with Crippen LogP contribution in [0.4, 0.5) is 13.2 Å². The van der Waals surface area contributed by atoms with E-state index in [1.165, 1.54) is 0 Å². The molecule has 1 atom stereocenters. The van der Waals surface area contributed by atoms with Gasteiger partial charge in [0.2, 0.25) is 0 Å². The number of nitrogens with zero attached hydrogens (tertiary/aromatic N) is 1. The minimum absolute atomic E-state index is 0.0588. The van der Waals surface area contributed by atoms with Gasteiger partial charge in [0.05, 0.1) is 5.60 Å². The lowest BCUT2D eigenvalue weighted by Gasteiger charge is -2.23. The van der Waals surface area contributed by atoms with Crippen LogP contribution in [0.25, 0.3) is 0 Å². The average molecular weight is 247 g/mol. The van der Waals surface area contributed by atoms with Gasteiger partial charge >= 0.3 is 6.18 Å². The van der Waals surface area contributed by atoms with Crippen LogP contribution in [0.1, 0.15) is 31.7 Å². The molecule has 0 aliphatic heterocycles. The normalized spacial score (nSPS) is 15.6. The van der Waals surface area contributed by atoms with Crippen molar-refractivity contribution in [1.82, 2.24) is 4.98 Å². The van der Waals surface area contributed by atoms with Gasteiger partial charge in [0.1, 0.15) is 0 Å². The SMILES string of the molecule is CC(O)(CCCC(F)(F)F)Cc1cccnc1. The highest BCUT2D eigenvalue weighted by Crippen LogP contribution is 2.26. The highest BCUT2D eigenvalue weighted by Gasteiger charge is 2.29. The van der Waals surface area contributed by atoms with Crippen LogP contribution < -0.4 is 0 Å². The summed E-state index contributed by atoms with van der Waals surface area (Å²) in [6, 6.07) is 3.53. The van der Waals surface area contributed by atoms with Crippen molar-refractivity contribution in [2.45, 2.75) is 44.4 Å². The van der Waals surface area contributed by atoms with Gasteiger partial charge in [0.25, 0.3) is 0 Å². The molecule has 0 aliphatic rings. The van der Waals surface area contributed by atoms with E-state index in [0.717, 1.165) is 5.56 Å². The van der Waals surface area contributed by atoms with E-state index in [9.17, 15) is 18.3 Å². The highest BCUT2D eigenvalue weighted by atomic mass is 19.4. The molecule has 2 nitrogen and oxygen atoms in total. The number of hydrogen-bond donors (Lipinski definition) is 1. The summed E-state index contributed by atoms with van der Waals surface area (Å²) in [7, 11) is 0. The molecule has 1 heterocycles. The third-order valence-corrected chi connectivity index (χ3v) is 2.48. The Kier molecular flexibility index (Phi) is 4.51. The highest BCUT2D eigenvalue weighted by molar-refractivity contribution is 5.11. The van der Waals surface area contributed by atoms with Crippen LogP contribution in [0, 0.1) is 0 Å². The van der Waals surface area contributed by atoms with Gasteiger partial charge in [0.15, 0.2) is 0 Å². The fraction of sp³-hybridized carbons (Fsp3) is 0.583. The molecule has 1 unspecified atom stereocenters. The van der Waals surface area contributed by atoms with Crippen molar-refractivity contribution in [1.29, 1.82) is 0 Å². The van der Waals surface area contributed by atoms with Crippen molar-refractivity contribution < 1.29 is 18.3 Å². The van der Waals surface area contributed by atoms with Crippen LogP contribution in [-0.4, -0.2) is 21.9 Å². The molecule has 1 rings (SSSR count). The van der Waals surface area contributed by atoms with Gasteiger partial charge in [-0.3, -0.25) is 4.98 Å². The predicted octanol–water partition coefficient (Wildman–Crippen LogP) is 3.11. The zero-order valence-corrected chi connectivity index (χ0v) is 9.67. The number of rotatable bonds is 5. The Hall–Kier alpha value is -1.10. The van der Waals surface area contributed by atoms with E-state index in [1.807, 2.05) is 0 Å². The van der Waals surface area contributed by atoms with Gasteiger partial charge in [-0.2, -0.15) is 13.2 Å². The van der Waals surface area contributed by atoms with Crippen LogP contribution in [0.5, 0.6) is 0 Å². The summed E-state index contributed by atoms with van der Waals surface area (Å²) >= 11 is 0. The standard InChI is InChI=1S/C12H16F3NO/c1-11(17,5-3-6-12(13,14)15)8-10-4-2-7-16-9-10/h2,4,7,9,17H,3,5-6,8H2,1H3. The average Bonchev–Trinajstić information content (AvgIpc) is 2.15. The van der Waals surface area contributed by atoms with Crippen molar-refractivity contribution in [2.24, 2.45) is 0 Å². The van der Waals surface area contributed by atoms with Gasteiger partial charge < -0.3 is 5.11 Å². The molecule has 0 saturated heterocycles. The summed E-state index contributed by atoms with van der Waals surface area (Å²) in [4.78, 5) is 3.90. The summed E-state index contributed by atoms with van der Waals surface area (Å²) in [6.07, 6.45) is -1.39. The van der Waals surface area contributed by atoms with Crippen molar-refractivity contribution in [3.63, 3.8) is 0 Å². The summed E-state index contributed by atoms with van der Waals surface area (Å²) < 4.78 is 35.9. The van der Waals surface area contributed by atoms with Gasteiger partial charge in [-0.15, -0.1) is 0 Å². The first-order chi connectivity index (χ1) is 7.79. The molecule has 0 radical (unpaired) electrons. The van der Waals surface area contributed by atoms with Crippen molar-refractivity contribution >= 4 is 0 Å². The number of halogens is 3. The molecule has 0 amide bonds. The van der Waals surface area contributed by atoms with E-state index >= 15 is 0 Å². The molecular weight excluding hydrogens is 231 g/mol. The molecule has 0 aromatic carbocycles. The van der Waals surface area contributed by atoms with E-state index in [1.54, 1.807) is 31.5 Å². The van der Waals surface area contributed by atoms with Crippen LogP contribution >= 0.6 is 0 Å². The van der Waals surface area contributed by atoms with Gasteiger partial charge in [-0.25, -0.2) is 0 Å². The van der Waals surface area contributed by atoms with Gasteiger partial charge in [-0.1, -0.05) is 6.07 Å². The fourth-order valence-electron chi connectivity index (χ4n) is 1.70. The Balaban J connectivity index is 2.41. The lowest BCUT2D eigenvalue weighted by molar-refractivity contribution is -0.137. The largest absolute Gasteiger partial charge is 0.390 e. The first-order valence-electron chi connectivity index (χ1n) is 5.47. The molecule has 1 aromatic heterocycles. The Morgan fingerprint density at radius 3 is 2.53 bits per heavy atom. The van der Waals surface area contributed by atoms with Crippen molar-refractivity contribution in [3.05, 3.63) is 30.1 Å². The first-order valence-corrected chi connectivity index (χ1v) is 5.47. The number of aliphatic hydroxyl groups is 1. The van der Waals surface area contributed by atoms with E-state index in [0.29, 0.717) is 6.42 Å². The van der Waals surface area contributed by atoms with Crippen LogP contribution in [0.3, 0.4) is 0 Å². The Morgan fingerprint density at radius 1 is 1.29 bits per heavy atom. The third-order valence-electron chi connectivity index (χ3n) is 2.48. The Labute approximate surface area is 98.5 Å². The summed E-state index contributed by atoms with van der Waals surface area (Å²) in [5, 5.41) is 9.97. The van der Waals surface area contributed by atoms with E-state index < -0.39 is 18.2 Å². The maximum Gasteiger partial charge on any atom is 0.389 e. The predicted molar refractivity (Wildman–Crippen MR) is 58.5 cm³/mol. The molecule has 5 heteroatoms. The topological polar surface area (TPSA) is 33.1 Å². The molecule has 0 saturated carbocycles. The molecule has 1 N–H and O–H groups in total. The second-order valence-corrected chi connectivity index (χ2v) is 4.50. The van der Waals surface area contributed by atoms with Gasteiger partial charge in [-0.05, 0) is 31.4 Å². The quantitative estimate of drug-likeness (QED) is 0.867. The second kappa shape index (κ2) is 5.49. The van der Waals surface area contributed by atoms with E-state index in [2.05, 4.69) is 4.98 Å². The maximum atomic E-state index is 12.0. The lowest BCUT2D eigenvalue weighted by atomic mass is 9.92. The molecule has 17 heavy (non-hydrogen) atoms. The first kappa shape index (κ1) is 14.0. The molecule has 0 fully saturated rings. The van der Waals surface area contributed by atoms with Gasteiger partial charge in [0, 0.05) is 25.2 Å². The maximum absolute atomic E-state index is 12.0. The molecule has 0 spiro atoms. The van der Waals surface area contributed by atoms with Crippen LogP contribution in [-0.2, 0) is 6.42 Å². The summed E-state index contributed by atoms with van der Waals surface area (Å²) in [5.74, 6) is 0. The zero-order valence-electron chi connectivity index (χ0n) is 9.67. The van der Waals surface area contributed by atoms with E-state index in [-0.39, 0.29) is 12.8 Å². The number of aromatic nitrogens is 1. The number of pyridine rings is 1. The number of alkyl halides is 3. The minimum Gasteiger partial charge on any atom is -0.390 e. The zero-order chi connectivity index (χ0) is 12.9. The molecule has 96 valence electrons. The number of hydrogen-bond acceptors (Lipinski definition) is 2. The molecular formula is C12H16F3NO. The van der Waals surface area contributed by atoms with Crippen molar-refractivity contribution in [3.8, 4) is 0 Å². The fourth-order valence-corrected chi connectivity index (χ4v) is 1.70. The monoisotopic (exact) mass is 247 g/mol. The van der Waals surface area contributed by atoms with Crippen molar-refractivity contribution in [2.75, 3.05) is 0 Å². The Morgan fingerprint density at radius 2 is 2.00 bits per heavy atom. The van der Waals surface area contributed by atoms with E-state index in [4.69, 9.17) is 0 Å². The van der Waals surface area contributed by atoms with Crippen LogP contribution in [0.15, 0.2) is 24.5 Å². The Bertz CT molecular complexity index is 335. The smallest absolute Gasteiger partial charge is 0.389 e. The molecule has 0 aliphatic carbocycles. The second-order valence-electron chi connectivity index (χ2n) is 4.50.